The van der Waals surface area contributed by atoms with Gasteiger partial charge in [0.05, 0.1) is 10.2 Å². The molecule has 0 spiro atoms. The second-order valence-corrected chi connectivity index (χ2v) is 4.62. The lowest BCUT2D eigenvalue weighted by atomic mass is 10.2. The number of hydrogen-bond acceptors (Lipinski definition) is 3. The first kappa shape index (κ1) is 12.3. The Balaban J connectivity index is 2.37. The average molecular weight is 295 g/mol. The van der Waals surface area contributed by atoms with Crippen molar-refractivity contribution in [3.63, 3.8) is 0 Å². The van der Waals surface area contributed by atoms with Crippen LogP contribution in [0, 0.1) is 0 Å². The van der Waals surface area contributed by atoms with Crippen LogP contribution < -0.4 is 5.32 Å². The van der Waals surface area contributed by atoms with Gasteiger partial charge in [-0.2, -0.15) is 5.10 Å². The van der Waals surface area contributed by atoms with Gasteiger partial charge in [-0.1, -0.05) is 0 Å². The lowest BCUT2D eigenvalue weighted by molar-refractivity contribution is 0.681. The van der Waals surface area contributed by atoms with E-state index in [-0.39, 0.29) is 0 Å². The summed E-state index contributed by atoms with van der Waals surface area (Å²) in [5.41, 5.74) is 3.25. The molecule has 0 amide bonds. The van der Waals surface area contributed by atoms with Gasteiger partial charge in [0.2, 0.25) is 0 Å². The molecule has 0 radical (unpaired) electrons. The third-order valence-corrected chi connectivity index (χ3v) is 3.50. The van der Waals surface area contributed by atoms with E-state index >= 15 is 0 Å². The zero-order valence-corrected chi connectivity index (χ0v) is 11.5. The maximum absolute atomic E-state index is 4.55. The van der Waals surface area contributed by atoms with Crippen LogP contribution in [0.2, 0.25) is 0 Å². The van der Waals surface area contributed by atoms with Crippen LogP contribution in [-0.2, 0) is 13.5 Å². The van der Waals surface area contributed by atoms with Crippen molar-refractivity contribution in [3.8, 4) is 11.3 Å². The Morgan fingerprint density at radius 1 is 1.35 bits per heavy atom. The summed E-state index contributed by atoms with van der Waals surface area (Å²) in [5.74, 6) is 0. The SMILES string of the molecule is CNCCc1c(Br)c(-c2ccncc2)nn1C. The molecular formula is C12H15BrN4. The first-order valence-corrected chi connectivity index (χ1v) is 6.29. The van der Waals surface area contributed by atoms with Crippen LogP contribution in [0.1, 0.15) is 5.69 Å². The molecule has 0 fully saturated rings. The summed E-state index contributed by atoms with van der Waals surface area (Å²) < 4.78 is 3.00. The maximum atomic E-state index is 4.55. The number of likely N-dealkylation sites (N-methyl/N-ethyl adjacent to an activating group) is 1. The molecular weight excluding hydrogens is 280 g/mol. The first-order valence-electron chi connectivity index (χ1n) is 5.50. The van der Waals surface area contributed by atoms with E-state index in [2.05, 4.69) is 31.3 Å². The Morgan fingerprint density at radius 2 is 2.06 bits per heavy atom. The minimum atomic E-state index is 0.938. The quantitative estimate of drug-likeness (QED) is 0.938. The first-order chi connectivity index (χ1) is 8.24. The third-order valence-electron chi connectivity index (χ3n) is 2.67. The summed E-state index contributed by atoms with van der Waals surface area (Å²) in [4.78, 5) is 4.02. The summed E-state index contributed by atoms with van der Waals surface area (Å²) >= 11 is 3.64. The summed E-state index contributed by atoms with van der Waals surface area (Å²) in [5, 5.41) is 7.70. The van der Waals surface area contributed by atoms with Gasteiger partial charge in [-0.05, 0) is 35.1 Å². The van der Waals surface area contributed by atoms with Crippen molar-refractivity contribution in [2.45, 2.75) is 6.42 Å². The lowest BCUT2D eigenvalue weighted by Crippen LogP contribution is -2.12. The largest absolute Gasteiger partial charge is 0.319 e. The fourth-order valence-electron chi connectivity index (χ4n) is 1.74. The van der Waals surface area contributed by atoms with E-state index in [1.165, 1.54) is 5.69 Å². The van der Waals surface area contributed by atoms with Gasteiger partial charge in [0.15, 0.2) is 0 Å². The summed E-state index contributed by atoms with van der Waals surface area (Å²) in [6, 6.07) is 3.93. The second kappa shape index (κ2) is 5.42. The van der Waals surface area contributed by atoms with Crippen molar-refractivity contribution < 1.29 is 0 Å². The Bertz CT molecular complexity index is 493. The van der Waals surface area contributed by atoms with Gasteiger partial charge in [0, 0.05) is 38.0 Å². The standard InChI is InChI=1S/C12H15BrN4/c1-14-6-5-10-11(13)12(16-17(10)2)9-3-7-15-8-4-9/h3-4,7-8,14H,5-6H2,1-2H3. The van der Waals surface area contributed by atoms with E-state index in [1.54, 1.807) is 12.4 Å². The summed E-state index contributed by atoms with van der Waals surface area (Å²) in [6.07, 6.45) is 4.51. The van der Waals surface area contributed by atoms with Crippen molar-refractivity contribution >= 4 is 15.9 Å². The molecule has 90 valence electrons. The molecule has 17 heavy (non-hydrogen) atoms. The van der Waals surface area contributed by atoms with E-state index in [4.69, 9.17) is 0 Å². The minimum absolute atomic E-state index is 0.938. The molecule has 2 aromatic heterocycles. The molecule has 0 aromatic carbocycles. The van der Waals surface area contributed by atoms with Gasteiger partial charge >= 0.3 is 0 Å². The molecule has 2 heterocycles. The number of aromatic nitrogens is 3. The molecule has 0 aliphatic rings. The highest BCUT2D eigenvalue weighted by Gasteiger charge is 2.14. The minimum Gasteiger partial charge on any atom is -0.319 e. The zero-order valence-electron chi connectivity index (χ0n) is 9.94. The van der Waals surface area contributed by atoms with Crippen molar-refractivity contribution in [2.75, 3.05) is 13.6 Å². The normalized spacial score (nSPS) is 10.8. The highest BCUT2D eigenvalue weighted by Crippen LogP contribution is 2.29. The van der Waals surface area contributed by atoms with Crippen LogP contribution in [0.15, 0.2) is 29.0 Å². The van der Waals surface area contributed by atoms with Gasteiger partial charge in [0.1, 0.15) is 5.69 Å². The number of aryl methyl sites for hydroxylation is 1. The Labute approximate surface area is 109 Å². The molecule has 4 nitrogen and oxygen atoms in total. The number of pyridine rings is 1. The van der Waals surface area contributed by atoms with E-state index in [9.17, 15) is 0 Å². The predicted molar refractivity (Wildman–Crippen MR) is 71.8 cm³/mol. The summed E-state index contributed by atoms with van der Waals surface area (Å²) in [6.45, 7) is 0.938. The monoisotopic (exact) mass is 294 g/mol. The topological polar surface area (TPSA) is 42.7 Å². The fraction of sp³-hybridized carbons (Fsp3) is 0.333. The molecule has 0 bridgehead atoms. The van der Waals surface area contributed by atoms with Gasteiger partial charge in [-0.25, -0.2) is 0 Å². The molecule has 0 saturated carbocycles. The molecule has 0 aliphatic heterocycles. The predicted octanol–water partition coefficient (Wildman–Crippen LogP) is 2.01. The highest BCUT2D eigenvalue weighted by atomic mass is 79.9. The summed E-state index contributed by atoms with van der Waals surface area (Å²) in [7, 11) is 3.93. The van der Waals surface area contributed by atoms with E-state index in [1.807, 2.05) is 30.9 Å². The molecule has 1 N–H and O–H groups in total. The van der Waals surface area contributed by atoms with Crippen LogP contribution in [0.25, 0.3) is 11.3 Å². The van der Waals surface area contributed by atoms with Crippen LogP contribution >= 0.6 is 15.9 Å². The molecule has 2 rings (SSSR count). The third kappa shape index (κ3) is 2.56. The molecule has 0 saturated heterocycles. The number of nitrogens with zero attached hydrogens (tertiary/aromatic N) is 3. The molecule has 0 aliphatic carbocycles. The molecule has 2 aromatic rings. The zero-order chi connectivity index (χ0) is 12.3. The van der Waals surface area contributed by atoms with Gasteiger partial charge in [-0.15, -0.1) is 0 Å². The molecule has 0 atom stereocenters. The van der Waals surface area contributed by atoms with Crippen molar-refractivity contribution in [1.82, 2.24) is 20.1 Å². The van der Waals surface area contributed by atoms with Crippen LogP contribution in [0.4, 0.5) is 0 Å². The van der Waals surface area contributed by atoms with E-state index < -0.39 is 0 Å². The number of rotatable bonds is 4. The van der Waals surface area contributed by atoms with E-state index in [0.29, 0.717) is 0 Å². The van der Waals surface area contributed by atoms with Crippen molar-refractivity contribution in [2.24, 2.45) is 7.05 Å². The Hall–Kier alpha value is -1.20. The van der Waals surface area contributed by atoms with Gasteiger partial charge in [0.25, 0.3) is 0 Å². The number of nitrogens with one attached hydrogen (secondary N) is 1. The number of halogens is 1. The van der Waals surface area contributed by atoms with Gasteiger partial charge < -0.3 is 5.32 Å². The van der Waals surface area contributed by atoms with E-state index in [0.717, 1.165) is 28.7 Å². The maximum Gasteiger partial charge on any atom is 0.107 e. The van der Waals surface area contributed by atoms with Crippen molar-refractivity contribution in [3.05, 3.63) is 34.7 Å². The fourth-order valence-corrected chi connectivity index (χ4v) is 2.51. The molecule has 5 heteroatoms. The Kier molecular flexibility index (Phi) is 3.91. The van der Waals surface area contributed by atoms with Crippen molar-refractivity contribution in [1.29, 1.82) is 0 Å². The molecule has 0 unspecified atom stereocenters. The van der Waals surface area contributed by atoms with Crippen LogP contribution in [0.3, 0.4) is 0 Å². The Morgan fingerprint density at radius 3 is 2.71 bits per heavy atom. The van der Waals surface area contributed by atoms with Gasteiger partial charge in [-0.3, -0.25) is 9.67 Å². The van der Waals surface area contributed by atoms with Crippen LogP contribution in [-0.4, -0.2) is 28.4 Å². The second-order valence-electron chi connectivity index (χ2n) is 3.82. The smallest absolute Gasteiger partial charge is 0.107 e. The number of hydrogen-bond donors (Lipinski definition) is 1. The lowest BCUT2D eigenvalue weighted by Gasteiger charge is -2.01. The highest BCUT2D eigenvalue weighted by molar-refractivity contribution is 9.10. The van der Waals surface area contributed by atoms with Crippen LogP contribution in [0.5, 0.6) is 0 Å². The average Bonchev–Trinajstić information content (AvgIpc) is 2.64.